The Morgan fingerprint density at radius 2 is 1.90 bits per heavy atom. The number of pyridine rings is 1. The van der Waals surface area contributed by atoms with Crippen molar-refractivity contribution in [2.75, 3.05) is 5.32 Å². The van der Waals surface area contributed by atoms with E-state index in [-0.39, 0.29) is 17.8 Å². The van der Waals surface area contributed by atoms with Gasteiger partial charge in [-0.25, -0.2) is 0 Å². The number of nitrogens with one attached hydrogen (secondary N) is 1. The van der Waals surface area contributed by atoms with Crippen molar-refractivity contribution in [3.8, 4) is 0 Å². The molecule has 156 valence electrons. The van der Waals surface area contributed by atoms with Crippen LogP contribution < -0.4 is 5.32 Å². The summed E-state index contributed by atoms with van der Waals surface area (Å²) < 4.78 is 6.42. The second-order valence-corrected chi connectivity index (χ2v) is 9.83. The lowest BCUT2D eigenvalue weighted by Gasteiger charge is -2.31. The summed E-state index contributed by atoms with van der Waals surface area (Å²) in [5.41, 5.74) is 1.90. The number of ether oxygens (including phenoxy) is 1. The fraction of sp³-hybridized carbons (Fsp3) is 0.522. The van der Waals surface area contributed by atoms with Crippen molar-refractivity contribution in [1.82, 2.24) is 4.98 Å². The summed E-state index contributed by atoms with van der Waals surface area (Å²) in [5, 5.41) is 4.56. The van der Waals surface area contributed by atoms with Crippen molar-refractivity contribution in [3.05, 3.63) is 34.4 Å². The minimum atomic E-state index is -0.435. The third-order valence-electron chi connectivity index (χ3n) is 5.28. The molecule has 1 N–H and O–H groups in total. The number of ketones is 1. The zero-order valence-electron chi connectivity index (χ0n) is 17.5. The van der Waals surface area contributed by atoms with Gasteiger partial charge in [-0.05, 0) is 77.5 Å². The number of carbonyl (C=O) groups excluding carboxylic acids is 2. The van der Waals surface area contributed by atoms with Gasteiger partial charge >= 0.3 is 5.97 Å². The number of nitrogens with zero attached hydrogens (tertiary/aromatic N) is 1. The SMILES string of the molecule is CC(=O)c1cnc2ccc(Br)cc2c1NC1CCC(CC(=O)OC(C)(C)C)CC1. The van der Waals surface area contributed by atoms with Crippen LogP contribution >= 0.6 is 15.9 Å². The standard InChI is InChI=1S/C23H29BrN2O3/c1-14(27)19-13-25-20-10-7-16(24)12-18(20)22(19)26-17-8-5-15(6-9-17)11-21(28)29-23(2,3)4/h7,10,12-13,15,17H,5-6,8-9,11H2,1-4H3,(H,25,26). The number of benzene rings is 1. The quantitative estimate of drug-likeness (QED) is 0.443. The van der Waals surface area contributed by atoms with Gasteiger partial charge in [0, 0.05) is 28.5 Å². The van der Waals surface area contributed by atoms with Gasteiger partial charge in [-0.2, -0.15) is 0 Å². The molecule has 1 saturated carbocycles. The Morgan fingerprint density at radius 3 is 2.52 bits per heavy atom. The van der Waals surface area contributed by atoms with Gasteiger partial charge in [0.15, 0.2) is 5.78 Å². The molecule has 0 unspecified atom stereocenters. The predicted molar refractivity (Wildman–Crippen MR) is 119 cm³/mol. The van der Waals surface area contributed by atoms with Crippen LogP contribution in [0.15, 0.2) is 28.9 Å². The molecule has 0 radical (unpaired) electrons. The molecule has 1 heterocycles. The lowest BCUT2D eigenvalue weighted by atomic mass is 9.84. The minimum Gasteiger partial charge on any atom is -0.460 e. The molecule has 0 spiro atoms. The highest BCUT2D eigenvalue weighted by molar-refractivity contribution is 9.10. The summed E-state index contributed by atoms with van der Waals surface area (Å²) in [6, 6.07) is 6.18. The van der Waals surface area contributed by atoms with Gasteiger partial charge in [0.2, 0.25) is 0 Å². The number of hydrogen-bond acceptors (Lipinski definition) is 5. The number of aromatic nitrogens is 1. The maximum absolute atomic E-state index is 12.2. The first-order valence-corrected chi connectivity index (χ1v) is 11.0. The molecule has 3 rings (SSSR count). The van der Waals surface area contributed by atoms with E-state index in [0.717, 1.165) is 46.7 Å². The van der Waals surface area contributed by atoms with Crippen LogP contribution in [-0.4, -0.2) is 28.4 Å². The van der Waals surface area contributed by atoms with Crippen LogP contribution in [0, 0.1) is 5.92 Å². The van der Waals surface area contributed by atoms with E-state index in [2.05, 4.69) is 26.2 Å². The van der Waals surface area contributed by atoms with Crippen LogP contribution in [0.2, 0.25) is 0 Å². The molecule has 0 bridgehead atoms. The molecule has 5 nitrogen and oxygen atoms in total. The number of anilines is 1. The minimum absolute atomic E-state index is 0.000451. The Bertz CT molecular complexity index is 912. The molecule has 0 aliphatic heterocycles. The average Bonchev–Trinajstić information content (AvgIpc) is 2.62. The van der Waals surface area contributed by atoms with E-state index in [0.29, 0.717) is 17.9 Å². The van der Waals surface area contributed by atoms with Gasteiger partial charge < -0.3 is 10.1 Å². The molecule has 0 atom stereocenters. The van der Waals surface area contributed by atoms with Crippen LogP contribution in [0.3, 0.4) is 0 Å². The zero-order valence-corrected chi connectivity index (χ0v) is 19.1. The maximum Gasteiger partial charge on any atom is 0.306 e. The lowest BCUT2D eigenvalue weighted by molar-refractivity contribution is -0.156. The molecule has 1 aromatic heterocycles. The number of rotatable bonds is 5. The molecule has 1 aromatic carbocycles. The van der Waals surface area contributed by atoms with E-state index in [1.807, 2.05) is 39.0 Å². The van der Waals surface area contributed by atoms with Gasteiger partial charge in [-0.1, -0.05) is 15.9 Å². The second kappa shape index (κ2) is 8.82. The fourth-order valence-corrected chi connectivity index (χ4v) is 4.28. The number of esters is 1. The molecule has 6 heteroatoms. The highest BCUT2D eigenvalue weighted by Crippen LogP contribution is 2.34. The number of carbonyl (C=O) groups is 2. The Labute approximate surface area is 180 Å². The second-order valence-electron chi connectivity index (χ2n) is 8.92. The first-order chi connectivity index (χ1) is 13.6. The summed E-state index contributed by atoms with van der Waals surface area (Å²) in [4.78, 5) is 28.7. The molecular weight excluding hydrogens is 432 g/mol. The van der Waals surface area contributed by atoms with Gasteiger partial charge in [-0.3, -0.25) is 14.6 Å². The predicted octanol–water partition coefficient (Wildman–Crippen LogP) is 5.90. The van der Waals surface area contributed by atoms with E-state index < -0.39 is 5.60 Å². The molecule has 1 aliphatic carbocycles. The first kappa shape index (κ1) is 21.8. The van der Waals surface area contributed by atoms with Crippen molar-refractivity contribution in [3.63, 3.8) is 0 Å². The van der Waals surface area contributed by atoms with Crippen LogP contribution in [0.5, 0.6) is 0 Å². The number of Topliss-reactive ketones (excluding diaryl/α,β-unsaturated/α-hetero) is 1. The summed E-state index contributed by atoms with van der Waals surface area (Å²) in [5.74, 6) is 0.247. The smallest absolute Gasteiger partial charge is 0.306 e. The Kier molecular flexibility index (Phi) is 6.62. The average molecular weight is 461 g/mol. The van der Waals surface area contributed by atoms with Crippen LogP contribution in [0.4, 0.5) is 5.69 Å². The van der Waals surface area contributed by atoms with E-state index in [9.17, 15) is 9.59 Å². The van der Waals surface area contributed by atoms with Crippen molar-refractivity contribution in [2.45, 2.75) is 71.4 Å². The van der Waals surface area contributed by atoms with Gasteiger partial charge in [0.25, 0.3) is 0 Å². The number of hydrogen-bond donors (Lipinski definition) is 1. The Hall–Kier alpha value is -1.95. The summed E-state index contributed by atoms with van der Waals surface area (Å²) in [7, 11) is 0. The highest BCUT2D eigenvalue weighted by Gasteiger charge is 2.26. The van der Waals surface area contributed by atoms with Crippen LogP contribution in [0.1, 0.15) is 70.2 Å². The number of fused-ring (bicyclic) bond motifs is 1. The van der Waals surface area contributed by atoms with E-state index >= 15 is 0 Å². The Balaban J connectivity index is 1.70. The largest absolute Gasteiger partial charge is 0.460 e. The molecule has 0 saturated heterocycles. The van der Waals surface area contributed by atoms with Crippen molar-refractivity contribution in [1.29, 1.82) is 0 Å². The monoisotopic (exact) mass is 460 g/mol. The summed E-state index contributed by atoms with van der Waals surface area (Å²) in [6.07, 6.45) is 6.01. The van der Waals surface area contributed by atoms with Crippen molar-refractivity contribution in [2.24, 2.45) is 5.92 Å². The number of halogens is 1. The van der Waals surface area contributed by atoms with Crippen LogP contribution in [-0.2, 0) is 9.53 Å². The zero-order chi connectivity index (χ0) is 21.2. The lowest BCUT2D eigenvalue weighted by Crippen LogP contribution is -2.30. The molecule has 0 amide bonds. The van der Waals surface area contributed by atoms with Crippen molar-refractivity contribution >= 4 is 44.3 Å². The normalized spacial score (nSPS) is 19.8. The third-order valence-corrected chi connectivity index (χ3v) is 5.77. The third kappa shape index (κ3) is 5.78. The van der Waals surface area contributed by atoms with Gasteiger partial charge in [0.1, 0.15) is 5.60 Å². The first-order valence-electron chi connectivity index (χ1n) is 10.2. The molecule has 2 aromatic rings. The van der Waals surface area contributed by atoms with Gasteiger partial charge in [-0.15, -0.1) is 0 Å². The topological polar surface area (TPSA) is 68.3 Å². The molecular formula is C23H29BrN2O3. The summed E-state index contributed by atoms with van der Waals surface area (Å²) >= 11 is 3.52. The van der Waals surface area contributed by atoms with E-state index in [1.165, 1.54) is 0 Å². The van der Waals surface area contributed by atoms with E-state index in [1.54, 1.807) is 13.1 Å². The molecule has 1 fully saturated rings. The van der Waals surface area contributed by atoms with Crippen LogP contribution in [0.25, 0.3) is 10.9 Å². The molecule has 29 heavy (non-hydrogen) atoms. The van der Waals surface area contributed by atoms with Crippen molar-refractivity contribution < 1.29 is 14.3 Å². The molecule has 1 aliphatic rings. The summed E-state index contributed by atoms with van der Waals surface area (Å²) in [6.45, 7) is 7.27. The van der Waals surface area contributed by atoms with E-state index in [4.69, 9.17) is 4.74 Å². The maximum atomic E-state index is 12.2. The van der Waals surface area contributed by atoms with Gasteiger partial charge in [0.05, 0.1) is 16.8 Å². The highest BCUT2D eigenvalue weighted by atomic mass is 79.9. The fourth-order valence-electron chi connectivity index (χ4n) is 3.92. The Morgan fingerprint density at radius 1 is 1.21 bits per heavy atom.